The van der Waals surface area contributed by atoms with Crippen molar-refractivity contribution in [1.29, 1.82) is 0 Å². The summed E-state index contributed by atoms with van der Waals surface area (Å²) in [7, 11) is 0. The molecule has 0 bridgehead atoms. The van der Waals surface area contributed by atoms with Gasteiger partial charge < -0.3 is 10.3 Å². The van der Waals surface area contributed by atoms with Gasteiger partial charge in [-0.1, -0.05) is 0 Å². The predicted molar refractivity (Wildman–Crippen MR) is 57.2 cm³/mol. The lowest BCUT2D eigenvalue weighted by molar-refractivity contribution is 0.632. The molecule has 0 aliphatic carbocycles. The summed E-state index contributed by atoms with van der Waals surface area (Å²) in [4.78, 5) is 7.25. The summed E-state index contributed by atoms with van der Waals surface area (Å²) >= 11 is 0. The molecule has 0 atom stereocenters. The van der Waals surface area contributed by atoms with E-state index in [2.05, 4.69) is 25.5 Å². The van der Waals surface area contributed by atoms with Crippen molar-refractivity contribution in [2.24, 2.45) is 0 Å². The highest BCUT2D eigenvalue weighted by atomic mass is 15.1. The Balaban J connectivity index is 1.56. The van der Waals surface area contributed by atoms with Crippen molar-refractivity contribution in [2.75, 3.05) is 6.54 Å². The van der Waals surface area contributed by atoms with E-state index in [-0.39, 0.29) is 0 Å². The third-order valence-corrected chi connectivity index (χ3v) is 2.20. The minimum atomic E-state index is 0.845. The molecule has 0 aliphatic heterocycles. The zero-order valence-corrected chi connectivity index (χ0v) is 8.53. The Bertz CT molecular complexity index is 315. The molecule has 0 amide bonds. The minimum Gasteiger partial charge on any atom is -0.349 e. The summed E-state index contributed by atoms with van der Waals surface area (Å²) in [5.74, 6) is 1.05. The van der Waals surface area contributed by atoms with Crippen LogP contribution in [0.25, 0.3) is 0 Å². The third-order valence-electron chi connectivity index (χ3n) is 2.20. The van der Waals surface area contributed by atoms with Crippen LogP contribution >= 0.6 is 0 Å². The summed E-state index contributed by atoms with van der Waals surface area (Å²) in [5.41, 5.74) is 1.12. The second-order valence-corrected chi connectivity index (χ2v) is 3.40. The molecule has 0 spiro atoms. The van der Waals surface area contributed by atoms with Gasteiger partial charge in [0.15, 0.2) is 0 Å². The number of nitrogens with one attached hydrogen (secondary N) is 3. The van der Waals surface area contributed by atoms with E-state index >= 15 is 0 Å². The zero-order chi connectivity index (χ0) is 10.3. The van der Waals surface area contributed by atoms with Gasteiger partial charge in [-0.2, -0.15) is 5.10 Å². The van der Waals surface area contributed by atoms with E-state index in [4.69, 9.17) is 0 Å². The molecule has 80 valence electrons. The number of aryl methyl sites for hydroxylation is 1. The molecule has 0 aliphatic rings. The van der Waals surface area contributed by atoms with Crippen molar-refractivity contribution in [3.63, 3.8) is 0 Å². The van der Waals surface area contributed by atoms with Gasteiger partial charge in [0.1, 0.15) is 5.82 Å². The van der Waals surface area contributed by atoms with Gasteiger partial charge in [0.2, 0.25) is 0 Å². The van der Waals surface area contributed by atoms with Crippen molar-refractivity contribution < 1.29 is 0 Å². The van der Waals surface area contributed by atoms with Crippen LogP contribution in [0.1, 0.15) is 17.9 Å². The molecule has 3 N–H and O–H groups in total. The van der Waals surface area contributed by atoms with Crippen molar-refractivity contribution in [1.82, 2.24) is 25.5 Å². The van der Waals surface area contributed by atoms with Gasteiger partial charge in [0.05, 0.1) is 0 Å². The molecule has 5 nitrogen and oxygen atoms in total. The number of aromatic amines is 2. The van der Waals surface area contributed by atoms with Gasteiger partial charge in [-0.15, -0.1) is 0 Å². The number of hydrogen-bond acceptors (Lipinski definition) is 3. The maximum Gasteiger partial charge on any atom is 0.106 e. The highest BCUT2D eigenvalue weighted by Crippen LogP contribution is 1.94. The Morgan fingerprint density at radius 3 is 3.07 bits per heavy atom. The zero-order valence-electron chi connectivity index (χ0n) is 8.53. The lowest BCUT2D eigenvalue weighted by atomic mass is 10.3. The lowest BCUT2D eigenvalue weighted by Gasteiger charge is -2.01. The number of hydrogen-bond donors (Lipinski definition) is 3. The molecule has 0 unspecified atom stereocenters. The van der Waals surface area contributed by atoms with Crippen LogP contribution < -0.4 is 5.32 Å². The molecule has 2 rings (SSSR count). The number of nitrogens with zero attached hydrogens (tertiary/aromatic N) is 2. The van der Waals surface area contributed by atoms with Crippen LogP contribution in [0.2, 0.25) is 0 Å². The van der Waals surface area contributed by atoms with Gasteiger partial charge >= 0.3 is 0 Å². The van der Waals surface area contributed by atoms with Crippen molar-refractivity contribution in [3.8, 4) is 0 Å². The average Bonchev–Trinajstić information content (AvgIpc) is 2.88. The van der Waals surface area contributed by atoms with Gasteiger partial charge in [-0.05, 0) is 19.0 Å². The predicted octanol–water partition coefficient (Wildman–Crippen LogP) is 0.855. The Kier molecular flexibility index (Phi) is 3.51. The number of H-pyrrole nitrogens is 2. The first kappa shape index (κ1) is 9.92. The standard InChI is InChI=1S/C10H15N5/c1(2-10-12-6-7-13-10)4-11-8-9-3-5-14-15-9/h3,5-7,11H,1-2,4,8H2,(H,12,13)(H,14,15). The van der Waals surface area contributed by atoms with Gasteiger partial charge in [-0.3, -0.25) is 5.10 Å². The van der Waals surface area contributed by atoms with E-state index in [1.54, 1.807) is 12.4 Å². The first-order valence-corrected chi connectivity index (χ1v) is 5.12. The average molecular weight is 205 g/mol. The molecule has 0 saturated heterocycles. The van der Waals surface area contributed by atoms with E-state index in [0.29, 0.717) is 0 Å². The van der Waals surface area contributed by atoms with Crippen molar-refractivity contribution >= 4 is 0 Å². The van der Waals surface area contributed by atoms with E-state index in [1.807, 2.05) is 12.3 Å². The maximum atomic E-state index is 4.16. The second kappa shape index (κ2) is 5.31. The molecule has 2 aromatic rings. The first-order valence-electron chi connectivity index (χ1n) is 5.12. The highest BCUT2D eigenvalue weighted by molar-refractivity contribution is 4.96. The second-order valence-electron chi connectivity index (χ2n) is 3.40. The summed E-state index contributed by atoms with van der Waals surface area (Å²) in [5, 5.41) is 10.1. The quantitative estimate of drug-likeness (QED) is 0.612. The van der Waals surface area contributed by atoms with Crippen molar-refractivity contribution in [2.45, 2.75) is 19.4 Å². The summed E-state index contributed by atoms with van der Waals surface area (Å²) in [6.07, 6.45) is 7.48. The van der Waals surface area contributed by atoms with E-state index < -0.39 is 0 Å². The Morgan fingerprint density at radius 2 is 2.33 bits per heavy atom. The molecule has 5 heteroatoms. The largest absolute Gasteiger partial charge is 0.349 e. The van der Waals surface area contributed by atoms with Crippen LogP contribution in [0.4, 0.5) is 0 Å². The third kappa shape index (κ3) is 3.21. The highest BCUT2D eigenvalue weighted by Gasteiger charge is 1.95. The SMILES string of the molecule is c1cc(CNCCCc2ncc[nH]2)[nH]n1. The van der Waals surface area contributed by atoms with E-state index in [9.17, 15) is 0 Å². The van der Waals surface area contributed by atoms with E-state index in [1.165, 1.54) is 0 Å². The molecule has 15 heavy (non-hydrogen) atoms. The molecule has 2 heterocycles. The molecule has 0 saturated carbocycles. The maximum absolute atomic E-state index is 4.16. The van der Waals surface area contributed by atoms with Crippen LogP contribution in [0.15, 0.2) is 24.7 Å². The fraction of sp³-hybridized carbons (Fsp3) is 0.400. The molecular formula is C10H15N5. The minimum absolute atomic E-state index is 0.845. The first-order chi connectivity index (χ1) is 7.45. The summed E-state index contributed by atoms with van der Waals surface area (Å²) < 4.78 is 0. The van der Waals surface area contributed by atoms with Crippen LogP contribution in [-0.2, 0) is 13.0 Å². The Labute approximate surface area is 88.3 Å². The van der Waals surface area contributed by atoms with Crippen LogP contribution in [0.5, 0.6) is 0 Å². The lowest BCUT2D eigenvalue weighted by Crippen LogP contribution is -2.15. The smallest absolute Gasteiger partial charge is 0.106 e. The molecule has 2 aromatic heterocycles. The van der Waals surface area contributed by atoms with Crippen LogP contribution in [0.3, 0.4) is 0 Å². The Morgan fingerprint density at radius 1 is 1.33 bits per heavy atom. The van der Waals surface area contributed by atoms with Gasteiger partial charge in [0.25, 0.3) is 0 Å². The molecular weight excluding hydrogens is 190 g/mol. The topological polar surface area (TPSA) is 69.4 Å². The molecule has 0 aromatic carbocycles. The fourth-order valence-electron chi connectivity index (χ4n) is 1.42. The monoisotopic (exact) mass is 205 g/mol. The normalized spacial score (nSPS) is 10.7. The number of rotatable bonds is 6. The van der Waals surface area contributed by atoms with Crippen molar-refractivity contribution in [3.05, 3.63) is 36.2 Å². The summed E-state index contributed by atoms with van der Waals surface area (Å²) in [6, 6.07) is 1.97. The Hall–Kier alpha value is -1.62. The van der Waals surface area contributed by atoms with E-state index in [0.717, 1.165) is 37.4 Å². The summed E-state index contributed by atoms with van der Waals surface area (Å²) in [6.45, 7) is 1.83. The fourth-order valence-corrected chi connectivity index (χ4v) is 1.42. The van der Waals surface area contributed by atoms with Gasteiger partial charge in [0, 0.05) is 37.3 Å². The van der Waals surface area contributed by atoms with Crippen LogP contribution in [0, 0.1) is 0 Å². The number of aromatic nitrogens is 4. The molecule has 0 fully saturated rings. The van der Waals surface area contributed by atoms with Crippen LogP contribution in [-0.4, -0.2) is 26.7 Å². The number of imidazole rings is 1. The van der Waals surface area contributed by atoms with Gasteiger partial charge in [-0.25, -0.2) is 4.98 Å². The molecule has 0 radical (unpaired) electrons.